The van der Waals surface area contributed by atoms with Crippen LogP contribution in [-0.4, -0.2) is 33.0 Å². The van der Waals surface area contributed by atoms with Gasteiger partial charge in [0.1, 0.15) is 5.75 Å². The average Bonchev–Trinajstić information content (AvgIpc) is 2.59. The standard InChI is InChI=1S/C18H20N2O4S/c1-20-16-8-7-15(12-14(16)6-9-18(20)22)25(23,24)19-11-10-13-4-2-3-5-17(13)21/h2-5,7-8,12,19,21H,6,9-11H2,1H3. The summed E-state index contributed by atoms with van der Waals surface area (Å²) in [5, 5.41) is 9.73. The monoisotopic (exact) mass is 360 g/mol. The number of sulfonamides is 1. The quantitative estimate of drug-likeness (QED) is 0.852. The molecule has 0 saturated heterocycles. The molecule has 1 heterocycles. The van der Waals surface area contributed by atoms with Crippen LogP contribution in [0, 0.1) is 0 Å². The van der Waals surface area contributed by atoms with E-state index in [2.05, 4.69) is 4.72 Å². The van der Waals surface area contributed by atoms with E-state index < -0.39 is 10.0 Å². The third kappa shape index (κ3) is 3.67. The van der Waals surface area contributed by atoms with Gasteiger partial charge >= 0.3 is 0 Å². The van der Waals surface area contributed by atoms with Gasteiger partial charge in [0, 0.05) is 25.7 Å². The molecule has 7 heteroatoms. The molecular formula is C18H20N2O4S. The highest BCUT2D eigenvalue weighted by molar-refractivity contribution is 7.89. The molecule has 2 N–H and O–H groups in total. The number of aryl methyl sites for hydroxylation is 1. The summed E-state index contributed by atoms with van der Waals surface area (Å²) in [6, 6.07) is 11.7. The predicted octanol–water partition coefficient (Wildman–Crippen LogP) is 1.82. The zero-order valence-electron chi connectivity index (χ0n) is 13.9. The average molecular weight is 360 g/mol. The molecular weight excluding hydrogens is 340 g/mol. The first kappa shape index (κ1) is 17.4. The minimum Gasteiger partial charge on any atom is -0.508 e. The molecule has 6 nitrogen and oxygen atoms in total. The highest BCUT2D eigenvalue weighted by atomic mass is 32.2. The summed E-state index contributed by atoms with van der Waals surface area (Å²) in [4.78, 5) is 13.5. The number of phenolic OH excluding ortho intramolecular Hbond substituents is 1. The van der Waals surface area contributed by atoms with Crippen LogP contribution in [0.15, 0.2) is 47.4 Å². The molecule has 0 aromatic heterocycles. The maximum atomic E-state index is 12.5. The molecule has 0 atom stereocenters. The lowest BCUT2D eigenvalue weighted by molar-refractivity contribution is -0.118. The maximum absolute atomic E-state index is 12.5. The first-order valence-corrected chi connectivity index (χ1v) is 9.53. The van der Waals surface area contributed by atoms with Crippen molar-refractivity contribution in [3.8, 4) is 5.75 Å². The summed E-state index contributed by atoms with van der Waals surface area (Å²) < 4.78 is 27.5. The van der Waals surface area contributed by atoms with Gasteiger partial charge in [-0.05, 0) is 48.2 Å². The normalized spacial score (nSPS) is 14.4. The molecule has 0 spiro atoms. The molecule has 2 aromatic rings. The van der Waals surface area contributed by atoms with Crippen LogP contribution in [0.3, 0.4) is 0 Å². The summed E-state index contributed by atoms with van der Waals surface area (Å²) in [6.45, 7) is 0.190. The molecule has 0 saturated carbocycles. The van der Waals surface area contributed by atoms with Crippen molar-refractivity contribution in [2.45, 2.75) is 24.2 Å². The number of fused-ring (bicyclic) bond motifs is 1. The third-order valence-corrected chi connectivity index (χ3v) is 5.84. The molecule has 2 aromatic carbocycles. The minimum atomic E-state index is -3.64. The van der Waals surface area contributed by atoms with Crippen LogP contribution in [0.1, 0.15) is 17.5 Å². The van der Waals surface area contributed by atoms with Crippen LogP contribution in [0.25, 0.3) is 0 Å². The van der Waals surface area contributed by atoms with Gasteiger partial charge < -0.3 is 10.0 Å². The van der Waals surface area contributed by atoms with Crippen molar-refractivity contribution in [1.29, 1.82) is 0 Å². The van der Waals surface area contributed by atoms with Gasteiger partial charge in [-0.15, -0.1) is 0 Å². The lowest BCUT2D eigenvalue weighted by Crippen LogP contribution is -2.31. The summed E-state index contributed by atoms with van der Waals surface area (Å²) in [6.07, 6.45) is 1.32. The van der Waals surface area contributed by atoms with E-state index in [1.165, 1.54) is 6.07 Å². The zero-order chi connectivity index (χ0) is 18.0. The third-order valence-electron chi connectivity index (χ3n) is 4.38. The molecule has 0 aliphatic carbocycles. The van der Waals surface area contributed by atoms with E-state index in [1.54, 1.807) is 48.3 Å². The number of hydrogen-bond acceptors (Lipinski definition) is 4. The number of nitrogens with one attached hydrogen (secondary N) is 1. The number of carbonyl (C=O) groups excluding carboxylic acids is 1. The number of aromatic hydroxyl groups is 1. The Balaban J connectivity index is 1.72. The Hall–Kier alpha value is -2.38. The number of rotatable bonds is 5. The molecule has 1 aliphatic heterocycles. The topological polar surface area (TPSA) is 86.7 Å². The second-order valence-corrected chi connectivity index (χ2v) is 7.79. The van der Waals surface area contributed by atoms with Crippen molar-refractivity contribution in [3.05, 3.63) is 53.6 Å². The number of hydrogen-bond donors (Lipinski definition) is 2. The van der Waals surface area contributed by atoms with Crippen LogP contribution in [-0.2, 0) is 27.7 Å². The summed E-state index contributed by atoms with van der Waals surface area (Å²) in [5.41, 5.74) is 2.30. The second kappa shape index (κ2) is 6.85. The number of amides is 1. The Kier molecular flexibility index (Phi) is 4.78. The van der Waals surface area contributed by atoms with E-state index in [-0.39, 0.29) is 23.1 Å². The minimum absolute atomic E-state index is 0.0314. The van der Waals surface area contributed by atoms with Gasteiger partial charge in [0.05, 0.1) is 4.90 Å². The highest BCUT2D eigenvalue weighted by Gasteiger charge is 2.23. The van der Waals surface area contributed by atoms with Gasteiger partial charge in [0.25, 0.3) is 0 Å². The van der Waals surface area contributed by atoms with E-state index in [9.17, 15) is 18.3 Å². The Bertz CT molecular complexity index is 909. The van der Waals surface area contributed by atoms with Crippen LogP contribution < -0.4 is 9.62 Å². The van der Waals surface area contributed by atoms with Gasteiger partial charge in [0.2, 0.25) is 15.9 Å². The SMILES string of the molecule is CN1C(=O)CCc2cc(S(=O)(=O)NCCc3ccccc3O)ccc21. The summed E-state index contributed by atoms with van der Waals surface area (Å²) >= 11 is 0. The Labute approximate surface area is 147 Å². The van der Waals surface area contributed by atoms with Crippen molar-refractivity contribution < 1.29 is 18.3 Å². The first-order chi connectivity index (χ1) is 11.9. The lowest BCUT2D eigenvalue weighted by atomic mass is 10.0. The molecule has 0 unspecified atom stereocenters. The predicted molar refractivity (Wildman–Crippen MR) is 95.2 cm³/mol. The van der Waals surface area contributed by atoms with Crippen LogP contribution >= 0.6 is 0 Å². The molecule has 0 radical (unpaired) electrons. The lowest BCUT2D eigenvalue weighted by Gasteiger charge is -2.26. The Morgan fingerprint density at radius 1 is 1.16 bits per heavy atom. The second-order valence-electron chi connectivity index (χ2n) is 6.02. The molecule has 1 aliphatic rings. The largest absolute Gasteiger partial charge is 0.508 e. The van der Waals surface area contributed by atoms with Gasteiger partial charge in [-0.25, -0.2) is 13.1 Å². The number of carbonyl (C=O) groups is 1. The fourth-order valence-corrected chi connectivity index (χ4v) is 4.01. The fourth-order valence-electron chi connectivity index (χ4n) is 2.93. The fraction of sp³-hybridized carbons (Fsp3) is 0.278. The van der Waals surface area contributed by atoms with Gasteiger partial charge in [-0.3, -0.25) is 4.79 Å². The van der Waals surface area contributed by atoms with Crippen LogP contribution in [0.5, 0.6) is 5.75 Å². The molecule has 25 heavy (non-hydrogen) atoms. The van der Waals surface area contributed by atoms with Gasteiger partial charge in [-0.1, -0.05) is 18.2 Å². The van der Waals surface area contributed by atoms with Crippen LogP contribution in [0.4, 0.5) is 5.69 Å². The van der Waals surface area contributed by atoms with E-state index in [0.717, 1.165) is 11.3 Å². The van der Waals surface area contributed by atoms with E-state index in [1.807, 2.05) is 0 Å². The number of para-hydroxylation sites is 1. The Morgan fingerprint density at radius 2 is 1.92 bits per heavy atom. The maximum Gasteiger partial charge on any atom is 0.240 e. The highest BCUT2D eigenvalue weighted by Crippen LogP contribution is 2.28. The Morgan fingerprint density at radius 3 is 2.68 bits per heavy atom. The summed E-state index contributed by atoms with van der Waals surface area (Å²) in [7, 11) is -1.95. The number of benzene rings is 2. The van der Waals surface area contributed by atoms with Crippen molar-refractivity contribution >= 4 is 21.6 Å². The smallest absolute Gasteiger partial charge is 0.240 e. The first-order valence-electron chi connectivity index (χ1n) is 8.04. The molecule has 0 bridgehead atoms. The van der Waals surface area contributed by atoms with Crippen molar-refractivity contribution in [1.82, 2.24) is 4.72 Å². The number of nitrogens with zero attached hydrogens (tertiary/aromatic N) is 1. The van der Waals surface area contributed by atoms with Crippen molar-refractivity contribution in [2.75, 3.05) is 18.5 Å². The molecule has 3 rings (SSSR count). The van der Waals surface area contributed by atoms with Crippen molar-refractivity contribution in [2.24, 2.45) is 0 Å². The molecule has 1 amide bonds. The van der Waals surface area contributed by atoms with E-state index in [4.69, 9.17) is 0 Å². The molecule has 132 valence electrons. The van der Waals surface area contributed by atoms with Crippen LogP contribution in [0.2, 0.25) is 0 Å². The number of anilines is 1. The van der Waals surface area contributed by atoms with Gasteiger partial charge in [-0.2, -0.15) is 0 Å². The number of phenols is 1. The van der Waals surface area contributed by atoms with E-state index >= 15 is 0 Å². The molecule has 0 fully saturated rings. The van der Waals surface area contributed by atoms with Gasteiger partial charge in [0.15, 0.2) is 0 Å². The van der Waals surface area contributed by atoms with E-state index in [0.29, 0.717) is 24.8 Å². The summed E-state index contributed by atoms with van der Waals surface area (Å²) in [5.74, 6) is 0.187. The van der Waals surface area contributed by atoms with Crippen molar-refractivity contribution in [3.63, 3.8) is 0 Å². The zero-order valence-corrected chi connectivity index (χ0v) is 14.7.